The van der Waals surface area contributed by atoms with E-state index in [1.807, 2.05) is 43.3 Å². The first-order chi connectivity index (χ1) is 18.7. The van der Waals surface area contributed by atoms with Crippen LogP contribution >= 0.6 is 0 Å². The number of nitriles is 1. The first-order valence-corrected chi connectivity index (χ1v) is 13.6. The molecule has 2 aromatic carbocycles. The second-order valence-electron chi connectivity index (χ2n) is 8.30. The zero-order chi connectivity index (χ0) is 28.4. The fourth-order valence-corrected chi connectivity index (χ4v) is 4.29. The SMILES string of the molecule is C=N/C=C\C(=C/C)Oc1ccc(Nc2c(C#N)cnc3ccc(C(/C=C(\C)NS(C)(=O)=O)=C/N=C)cc23)cc1. The number of benzene rings is 2. The van der Waals surface area contributed by atoms with Crippen LogP contribution in [0.4, 0.5) is 11.4 Å². The lowest BCUT2D eigenvalue weighted by atomic mass is 10.0. The number of rotatable bonds is 11. The second kappa shape index (κ2) is 13.0. The summed E-state index contributed by atoms with van der Waals surface area (Å²) in [6.07, 6.45) is 10.8. The summed E-state index contributed by atoms with van der Waals surface area (Å²) in [7, 11) is -3.44. The Morgan fingerprint density at radius 3 is 2.51 bits per heavy atom. The van der Waals surface area contributed by atoms with Crippen LogP contribution in [0.15, 0.2) is 101 Å². The molecular weight excluding hydrogens is 512 g/mol. The third-order valence-electron chi connectivity index (χ3n) is 5.26. The highest BCUT2D eigenvalue weighted by molar-refractivity contribution is 7.88. The van der Waals surface area contributed by atoms with Gasteiger partial charge in [0.2, 0.25) is 10.0 Å². The number of pyridine rings is 1. The van der Waals surface area contributed by atoms with Crippen molar-refractivity contribution in [3.05, 3.63) is 102 Å². The quantitative estimate of drug-likeness (QED) is 0.179. The van der Waals surface area contributed by atoms with Crippen LogP contribution in [0.1, 0.15) is 25.0 Å². The highest BCUT2D eigenvalue weighted by atomic mass is 32.2. The van der Waals surface area contributed by atoms with E-state index in [1.165, 1.54) is 12.4 Å². The van der Waals surface area contributed by atoms with Crippen LogP contribution in [0.3, 0.4) is 0 Å². The molecule has 1 heterocycles. The molecule has 1 aromatic heterocycles. The molecule has 3 rings (SSSR count). The predicted octanol–water partition coefficient (Wildman–Crippen LogP) is 5.84. The Bertz CT molecular complexity index is 1660. The molecule has 39 heavy (non-hydrogen) atoms. The van der Waals surface area contributed by atoms with Gasteiger partial charge in [-0.3, -0.25) is 19.7 Å². The van der Waals surface area contributed by atoms with Crippen molar-refractivity contribution in [1.82, 2.24) is 9.71 Å². The van der Waals surface area contributed by atoms with E-state index in [2.05, 4.69) is 44.5 Å². The maximum absolute atomic E-state index is 11.6. The minimum absolute atomic E-state index is 0.357. The summed E-state index contributed by atoms with van der Waals surface area (Å²) in [5.41, 5.74) is 4.10. The molecule has 0 atom stereocenters. The van der Waals surface area contributed by atoms with Crippen LogP contribution in [0.5, 0.6) is 5.75 Å². The number of hydrogen-bond donors (Lipinski definition) is 2. The summed E-state index contributed by atoms with van der Waals surface area (Å²) in [6, 6.07) is 15.0. The topological polar surface area (TPSA) is 129 Å². The number of sulfonamides is 1. The fraction of sp³-hybridized carbons (Fsp3) is 0.103. The number of fused-ring (bicyclic) bond motifs is 1. The zero-order valence-electron chi connectivity index (χ0n) is 21.8. The van der Waals surface area contributed by atoms with Crippen molar-refractivity contribution < 1.29 is 13.2 Å². The summed E-state index contributed by atoms with van der Waals surface area (Å²) < 4.78 is 31.6. The number of ether oxygens (including phenoxy) is 1. The van der Waals surface area contributed by atoms with Gasteiger partial charge in [-0.25, -0.2) is 8.42 Å². The molecule has 0 bridgehead atoms. The Balaban J connectivity index is 2.01. The van der Waals surface area contributed by atoms with Crippen molar-refractivity contribution in [3.8, 4) is 11.8 Å². The average molecular weight is 541 g/mol. The monoisotopic (exact) mass is 540 g/mol. The molecule has 0 saturated carbocycles. The number of anilines is 2. The number of allylic oxidation sites excluding steroid dienone is 5. The number of nitrogens with zero attached hydrogens (tertiary/aromatic N) is 4. The van der Waals surface area contributed by atoms with E-state index in [1.54, 1.807) is 37.4 Å². The molecule has 0 saturated heterocycles. The Hall–Kier alpha value is -5.01. The molecule has 0 aliphatic rings. The standard InChI is InChI=1S/C29H28N6O3S/c1-6-25(13-14-31-3)38-26-10-8-24(9-11-26)34-29-23(17-30)19-33-28-12-7-21(16-27(28)29)22(18-32-4)15-20(2)35-39(5,36)37/h6-16,18-19,35H,3-4H2,1-2,5H3,(H,33,34)/b14-13-,20-15+,22-18+,25-6+. The van der Waals surface area contributed by atoms with Gasteiger partial charge >= 0.3 is 0 Å². The molecule has 0 aliphatic carbocycles. The maximum Gasteiger partial charge on any atom is 0.229 e. The number of aliphatic imine (C=N–C) groups is 2. The van der Waals surface area contributed by atoms with Crippen LogP contribution in [0.25, 0.3) is 16.5 Å². The van der Waals surface area contributed by atoms with Crippen molar-refractivity contribution in [1.29, 1.82) is 5.26 Å². The van der Waals surface area contributed by atoms with Gasteiger partial charge in [-0.1, -0.05) is 6.07 Å². The molecule has 0 radical (unpaired) electrons. The van der Waals surface area contributed by atoms with Crippen LogP contribution in [0.2, 0.25) is 0 Å². The summed E-state index contributed by atoms with van der Waals surface area (Å²) >= 11 is 0. The number of hydrogen-bond acceptors (Lipinski definition) is 8. The van der Waals surface area contributed by atoms with Crippen molar-refractivity contribution in [2.24, 2.45) is 9.98 Å². The Morgan fingerprint density at radius 1 is 1.15 bits per heavy atom. The summed E-state index contributed by atoms with van der Waals surface area (Å²) in [5, 5.41) is 13.8. The summed E-state index contributed by atoms with van der Waals surface area (Å²) in [6.45, 7) is 10.4. The molecule has 0 fully saturated rings. The van der Waals surface area contributed by atoms with E-state index >= 15 is 0 Å². The molecule has 0 unspecified atom stereocenters. The highest BCUT2D eigenvalue weighted by Crippen LogP contribution is 2.32. The average Bonchev–Trinajstić information content (AvgIpc) is 2.90. The van der Waals surface area contributed by atoms with E-state index in [0.29, 0.717) is 44.9 Å². The first kappa shape index (κ1) is 28.6. The van der Waals surface area contributed by atoms with Crippen LogP contribution in [-0.2, 0) is 10.0 Å². The minimum Gasteiger partial charge on any atom is -0.458 e. The zero-order valence-corrected chi connectivity index (χ0v) is 22.7. The lowest BCUT2D eigenvalue weighted by Gasteiger charge is -2.14. The molecule has 198 valence electrons. The Morgan fingerprint density at radius 2 is 1.90 bits per heavy atom. The summed E-state index contributed by atoms with van der Waals surface area (Å²) in [5.74, 6) is 1.25. The van der Waals surface area contributed by atoms with Crippen molar-refractivity contribution in [3.63, 3.8) is 0 Å². The first-order valence-electron chi connectivity index (χ1n) is 11.7. The van der Waals surface area contributed by atoms with Gasteiger partial charge in [0, 0.05) is 40.9 Å². The third-order valence-corrected chi connectivity index (χ3v) is 5.95. The van der Waals surface area contributed by atoms with E-state index in [0.717, 1.165) is 17.5 Å². The smallest absolute Gasteiger partial charge is 0.229 e. The van der Waals surface area contributed by atoms with Crippen LogP contribution in [-0.4, -0.2) is 33.1 Å². The molecule has 9 nitrogen and oxygen atoms in total. The van der Waals surface area contributed by atoms with Gasteiger partial charge in [0.05, 0.1) is 23.0 Å². The molecule has 0 spiro atoms. The molecule has 0 amide bonds. The largest absolute Gasteiger partial charge is 0.458 e. The van der Waals surface area contributed by atoms with Crippen LogP contribution in [0, 0.1) is 11.3 Å². The van der Waals surface area contributed by atoms with Gasteiger partial charge in [0.1, 0.15) is 17.6 Å². The molecular formula is C29H28N6O3S. The van der Waals surface area contributed by atoms with Gasteiger partial charge < -0.3 is 10.1 Å². The normalized spacial score (nSPS) is 12.7. The number of aromatic nitrogens is 1. The van der Waals surface area contributed by atoms with Crippen molar-refractivity contribution >= 4 is 51.3 Å². The predicted molar refractivity (Wildman–Crippen MR) is 159 cm³/mol. The van der Waals surface area contributed by atoms with Gasteiger partial charge in [-0.05, 0) is 87.5 Å². The molecule has 2 N–H and O–H groups in total. The third kappa shape index (κ3) is 7.99. The van der Waals surface area contributed by atoms with Crippen LogP contribution < -0.4 is 14.8 Å². The molecule has 3 aromatic rings. The van der Waals surface area contributed by atoms with E-state index < -0.39 is 10.0 Å². The fourth-order valence-electron chi connectivity index (χ4n) is 3.64. The van der Waals surface area contributed by atoms with Gasteiger partial charge in [-0.15, -0.1) is 0 Å². The van der Waals surface area contributed by atoms with E-state index in [-0.39, 0.29) is 0 Å². The van der Waals surface area contributed by atoms with Crippen molar-refractivity contribution in [2.45, 2.75) is 13.8 Å². The highest BCUT2D eigenvalue weighted by Gasteiger charge is 2.12. The molecule has 10 heteroatoms. The number of nitrogens with one attached hydrogen (secondary N) is 2. The van der Waals surface area contributed by atoms with Crippen molar-refractivity contribution in [2.75, 3.05) is 11.6 Å². The summed E-state index contributed by atoms with van der Waals surface area (Å²) in [4.78, 5) is 12.0. The van der Waals surface area contributed by atoms with Gasteiger partial charge in [0.15, 0.2) is 0 Å². The van der Waals surface area contributed by atoms with E-state index in [9.17, 15) is 13.7 Å². The molecule has 0 aliphatic heterocycles. The maximum atomic E-state index is 11.6. The Kier molecular flexibility index (Phi) is 9.51. The van der Waals surface area contributed by atoms with E-state index in [4.69, 9.17) is 4.74 Å². The minimum atomic E-state index is -3.44. The lowest BCUT2D eigenvalue weighted by molar-refractivity contribution is 0.443. The second-order valence-corrected chi connectivity index (χ2v) is 10.0. The Labute approximate surface area is 228 Å². The van der Waals surface area contributed by atoms with Gasteiger partial charge in [-0.2, -0.15) is 5.26 Å². The van der Waals surface area contributed by atoms with Gasteiger partial charge in [0.25, 0.3) is 0 Å². The lowest BCUT2D eigenvalue weighted by Crippen LogP contribution is -2.19.